The highest BCUT2D eigenvalue weighted by Crippen LogP contribution is 2.20. The number of hydrogen-bond donors (Lipinski definition) is 1. The second kappa shape index (κ2) is 8.90. The van der Waals surface area contributed by atoms with Crippen LogP contribution in [-0.4, -0.2) is 31.7 Å². The summed E-state index contributed by atoms with van der Waals surface area (Å²) < 4.78 is 15.7. The van der Waals surface area contributed by atoms with Crippen molar-refractivity contribution in [3.63, 3.8) is 0 Å². The third-order valence-electron chi connectivity index (χ3n) is 4.11. The maximum Gasteiger partial charge on any atom is 0.344 e. The number of benzene rings is 3. The Morgan fingerprint density at radius 2 is 1.61 bits per heavy atom. The van der Waals surface area contributed by atoms with Crippen LogP contribution in [0.3, 0.4) is 0 Å². The zero-order chi connectivity index (χ0) is 19.9. The van der Waals surface area contributed by atoms with Crippen LogP contribution in [0.5, 0.6) is 11.5 Å². The molecule has 3 aromatic carbocycles. The number of rotatable bonds is 7. The van der Waals surface area contributed by atoms with E-state index < -0.39 is 18.0 Å². The number of nitrogens with one attached hydrogen (secondary N) is 1. The molecule has 1 unspecified atom stereocenters. The molecule has 0 aliphatic heterocycles. The lowest BCUT2D eigenvalue weighted by molar-refractivity contribution is -0.155. The molecule has 144 valence electrons. The second-order valence-electron chi connectivity index (χ2n) is 6.15. The van der Waals surface area contributed by atoms with Crippen molar-refractivity contribution in [3.8, 4) is 11.5 Å². The van der Waals surface area contributed by atoms with Crippen LogP contribution in [0.4, 0.5) is 5.69 Å². The third-order valence-corrected chi connectivity index (χ3v) is 4.11. The lowest BCUT2D eigenvalue weighted by Crippen LogP contribution is -2.31. The molecule has 0 spiro atoms. The molecule has 0 saturated heterocycles. The van der Waals surface area contributed by atoms with Gasteiger partial charge in [0.25, 0.3) is 5.91 Å². The largest absolute Gasteiger partial charge is 0.497 e. The summed E-state index contributed by atoms with van der Waals surface area (Å²) in [7, 11) is 1.56. The number of fused-ring (bicyclic) bond motifs is 1. The zero-order valence-corrected chi connectivity index (χ0v) is 15.7. The van der Waals surface area contributed by atoms with Gasteiger partial charge in [-0.25, -0.2) is 4.79 Å². The van der Waals surface area contributed by atoms with Gasteiger partial charge in [-0.2, -0.15) is 0 Å². The summed E-state index contributed by atoms with van der Waals surface area (Å²) in [4.78, 5) is 24.1. The van der Waals surface area contributed by atoms with Crippen LogP contribution in [0.2, 0.25) is 0 Å². The Kier molecular flexibility index (Phi) is 6.11. The minimum atomic E-state index is -0.949. The number of carbonyl (C=O) groups excluding carboxylic acids is 2. The van der Waals surface area contributed by atoms with Gasteiger partial charge in [-0.1, -0.05) is 30.3 Å². The van der Waals surface area contributed by atoms with E-state index in [1.165, 1.54) is 6.92 Å². The molecule has 28 heavy (non-hydrogen) atoms. The Balaban J connectivity index is 1.49. The molecule has 1 N–H and O–H groups in total. The van der Waals surface area contributed by atoms with Crippen LogP contribution in [0.25, 0.3) is 10.8 Å². The third kappa shape index (κ3) is 5.01. The number of methoxy groups -OCH3 is 1. The number of esters is 1. The molecular formula is C22H21NO5. The zero-order valence-electron chi connectivity index (χ0n) is 15.7. The highest BCUT2D eigenvalue weighted by Gasteiger charge is 2.18. The maximum absolute atomic E-state index is 12.2. The van der Waals surface area contributed by atoms with Crippen LogP contribution in [-0.2, 0) is 14.3 Å². The summed E-state index contributed by atoms with van der Waals surface area (Å²) in [6.07, 6.45) is -0.949. The van der Waals surface area contributed by atoms with Crippen molar-refractivity contribution in [3.05, 3.63) is 66.7 Å². The molecule has 0 aliphatic carbocycles. The first-order valence-corrected chi connectivity index (χ1v) is 8.81. The molecular weight excluding hydrogens is 358 g/mol. The molecule has 0 saturated carbocycles. The van der Waals surface area contributed by atoms with E-state index in [0.717, 1.165) is 10.8 Å². The van der Waals surface area contributed by atoms with Gasteiger partial charge in [-0.3, -0.25) is 4.79 Å². The fourth-order valence-electron chi connectivity index (χ4n) is 2.60. The number of anilines is 1. The molecule has 0 fully saturated rings. The van der Waals surface area contributed by atoms with Crippen LogP contribution in [0, 0.1) is 0 Å². The van der Waals surface area contributed by atoms with Gasteiger partial charge in [-0.05, 0) is 54.1 Å². The number of carbonyl (C=O) groups is 2. The molecule has 1 atom stereocenters. The van der Waals surface area contributed by atoms with Gasteiger partial charge in [0.2, 0.25) is 0 Å². The van der Waals surface area contributed by atoms with E-state index in [1.54, 1.807) is 37.4 Å². The quantitative estimate of drug-likeness (QED) is 0.632. The predicted molar refractivity (Wildman–Crippen MR) is 107 cm³/mol. The minimum absolute atomic E-state index is 0.279. The van der Waals surface area contributed by atoms with E-state index in [0.29, 0.717) is 17.2 Å². The van der Waals surface area contributed by atoms with Crippen molar-refractivity contribution in [2.75, 3.05) is 19.0 Å². The van der Waals surface area contributed by atoms with Crippen molar-refractivity contribution < 1.29 is 23.8 Å². The second-order valence-corrected chi connectivity index (χ2v) is 6.15. The van der Waals surface area contributed by atoms with E-state index in [1.807, 2.05) is 36.4 Å². The molecule has 0 aliphatic rings. The first kappa shape index (κ1) is 19.2. The van der Waals surface area contributed by atoms with E-state index in [-0.39, 0.29) is 6.61 Å². The Morgan fingerprint density at radius 1 is 0.929 bits per heavy atom. The number of ether oxygens (including phenoxy) is 3. The fraction of sp³-hybridized carbons (Fsp3) is 0.182. The average Bonchev–Trinajstić information content (AvgIpc) is 2.72. The Hall–Kier alpha value is -3.54. The SMILES string of the molecule is COc1ccc(NC(=O)C(C)OC(=O)COc2ccc3ccccc3c2)cc1. The van der Waals surface area contributed by atoms with Crippen molar-refractivity contribution in [1.29, 1.82) is 0 Å². The fourth-order valence-corrected chi connectivity index (χ4v) is 2.60. The van der Waals surface area contributed by atoms with E-state index in [2.05, 4.69) is 5.32 Å². The minimum Gasteiger partial charge on any atom is -0.497 e. The smallest absolute Gasteiger partial charge is 0.344 e. The summed E-state index contributed by atoms with van der Waals surface area (Å²) in [6.45, 7) is 1.23. The molecule has 3 aromatic rings. The van der Waals surface area contributed by atoms with Crippen molar-refractivity contribution in [2.24, 2.45) is 0 Å². The Labute approximate surface area is 163 Å². The topological polar surface area (TPSA) is 73.9 Å². The van der Waals surface area contributed by atoms with Gasteiger partial charge in [0.1, 0.15) is 11.5 Å². The lowest BCUT2D eigenvalue weighted by Gasteiger charge is -2.14. The number of amides is 1. The summed E-state index contributed by atoms with van der Waals surface area (Å²) in [5.74, 6) is 0.198. The molecule has 0 bridgehead atoms. The van der Waals surface area contributed by atoms with E-state index >= 15 is 0 Å². The Morgan fingerprint density at radius 3 is 2.32 bits per heavy atom. The van der Waals surface area contributed by atoms with Crippen LogP contribution < -0.4 is 14.8 Å². The summed E-state index contributed by atoms with van der Waals surface area (Å²) in [5.41, 5.74) is 0.584. The molecule has 3 rings (SSSR count). The molecule has 6 nitrogen and oxygen atoms in total. The first-order valence-electron chi connectivity index (χ1n) is 8.81. The van der Waals surface area contributed by atoms with Gasteiger partial charge in [0.15, 0.2) is 12.7 Å². The number of hydrogen-bond acceptors (Lipinski definition) is 5. The molecule has 1 amide bonds. The highest BCUT2D eigenvalue weighted by molar-refractivity contribution is 5.95. The van der Waals surface area contributed by atoms with E-state index in [4.69, 9.17) is 14.2 Å². The van der Waals surface area contributed by atoms with Gasteiger partial charge in [-0.15, -0.1) is 0 Å². The van der Waals surface area contributed by atoms with Crippen LogP contribution in [0.15, 0.2) is 66.7 Å². The molecule has 0 heterocycles. The molecule has 6 heteroatoms. The monoisotopic (exact) mass is 379 g/mol. The Bertz CT molecular complexity index is 968. The van der Waals surface area contributed by atoms with Gasteiger partial charge < -0.3 is 19.5 Å². The maximum atomic E-state index is 12.2. The van der Waals surface area contributed by atoms with Crippen molar-refractivity contribution in [2.45, 2.75) is 13.0 Å². The van der Waals surface area contributed by atoms with Crippen LogP contribution >= 0.6 is 0 Å². The van der Waals surface area contributed by atoms with Gasteiger partial charge >= 0.3 is 5.97 Å². The molecule has 0 aromatic heterocycles. The van der Waals surface area contributed by atoms with Crippen molar-refractivity contribution in [1.82, 2.24) is 0 Å². The normalized spacial score (nSPS) is 11.5. The van der Waals surface area contributed by atoms with Gasteiger partial charge in [0, 0.05) is 5.69 Å². The molecule has 0 radical (unpaired) electrons. The van der Waals surface area contributed by atoms with Crippen LogP contribution in [0.1, 0.15) is 6.92 Å². The predicted octanol–water partition coefficient (Wildman–Crippen LogP) is 3.80. The summed E-state index contributed by atoms with van der Waals surface area (Å²) in [6, 6.07) is 20.3. The summed E-state index contributed by atoms with van der Waals surface area (Å²) >= 11 is 0. The summed E-state index contributed by atoms with van der Waals surface area (Å²) in [5, 5.41) is 4.78. The first-order chi connectivity index (χ1) is 13.5. The highest BCUT2D eigenvalue weighted by atomic mass is 16.6. The lowest BCUT2D eigenvalue weighted by atomic mass is 10.1. The van der Waals surface area contributed by atoms with Crippen molar-refractivity contribution >= 4 is 28.3 Å². The average molecular weight is 379 g/mol. The van der Waals surface area contributed by atoms with E-state index in [9.17, 15) is 9.59 Å². The van der Waals surface area contributed by atoms with Gasteiger partial charge in [0.05, 0.1) is 7.11 Å². The standard InChI is InChI=1S/C22H21NO5/c1-15(22(25)23-18-8-11-19(26-2)12-9-18)28-21(24)14-27-20-10-7-16-5-3-4-6-17(16)13-20/h3-13,15H,14H2,1-2H3,(H,23,25).